The zero-order chi connectivity index (χ0) is 15.9. The van der Waals surface area contributed by atoms with E-state index in [4.69, 9.17) is 10.5 Å². The number of aliphatic imine (C=N–C) groups is 1. The second kappa shape index (κ2) is 7.93. The molecule has 3 N–H and O–H groups in total. The number of alkyl carbamates (subject to hydrolysis) is 1. The zero-order valence-electron chi connectivity index (χ0n) is 13.0. The number of carbonyl (C=O) groups is 1. The molecule has 1 aromatic carbocycles. The SMILES string of the molecule is CSC(N)=Nc1cccc(CCNC(=O)OC(C)(C)C)c1. The predicted octanol–water partition coefficient (Wildman–Crippen LogP) is 3.06. The molecule has 0 saturated carbocycles. The first kappa shape index (κ1) is 17.4. The van der Waals surface area contributed by atoms with Crippen molar-refractivity contribution in [1.82, 2.24) is 5.32 Å². The molecule has 1 aromatic rings. The molecule has 1 amide bonds. The van der Waals surface area contributed by atoms with Crippen molar-refractivity contribution in [3.63, 3.8) is 0 Å². The standard InChI is InChI=1S/C15H23N3O2S/c1-15(2,3)20-14(19)17-9-8-11-6-5-7-12(10-11)18-13(16)21-4/h5-7,10H,8-9H2,1-4H3,(H2,16,18)(H,17,19). The van der Waals surface area contributed by atoms with Crippen LogP contribution in [0, 0.1) is 0 Å². The summed E-state index contributed by atoms with van der Waals surface area (Å²) in [7, 11) is 0. The number of rotatable bonds is 4. The van der Waals surface area contributed by atoms with Crippen LogP contribution >= 0.6 is 11.8 Å². The molecule has 0 unspecified atom stereocenters. The van der Waals surface area contributed by atoms with Crippen LogP contribution in [0.3, 0.4) is 0 Å². The number of amidine groups is 1. The number of nitrogens with one attached hydrogen (secondary N) is 1. The zero-order valence-corrected chi connectivity index (χ0v) is 13.8. The van der Waals surface area contributed by atoms with Crippen molar-refractivity contribution in [2.24, 2.45) is 10.7 Å². The molecule has 0 aliphatic carbocycles. The molecular formula is C15H23N3O2S. The summed E-state index contributed by atoms with van der Waals surface area (Å²) >= 11 is 1.41. The third-order valence-electron chi connectivity index (χ3n) is 2.44. The van der Waals surface area contributed by atoms with E-state index in [0.29, 0.717) is 18.1 Å². The third-order valence-corrected chi connectivity index (χ3v) is 2.95. The van der Waals surface area contributed by atoms with Gasteiger partial charge in [0.15, 0.2) is 5.17 Å². The van der Waals surface area contributed by atoms with Gasteiger partial charge in [0.2, 0.25) is 0 Å². The van der Waals surface area contributed by atoms with Crippen LogP contribution in [0.25, 0.3) is 0 Å². The number of amides is 1. The number of nitrogens with two attached hydrogens (primary N) is 1. The summed E-state index contributed by atoms with van der Waals surface area (Å²) in [6, 6.07) is 7.77. The maximum atomic E-state index is 11.5. The summed E-state index contributed by atoms with van der Waals surface area (Å²) < 4.78 is 5.18. The highest BCUT2D eigenvalue weighted by Gasteiger charge is 2.15. The van der Waals surface area contributed by atoms with Crippen molar-refractivity contribution in [2.45, 2.75) is 32.8 Å². The van der Waals surface area contributed by atoms with E-state index >= 15 is 0 Å². The van der Waals surface area contributed by atoms with Crippen molar-refractivity contribution in [1.29, 1.82) is 0 Å². The summed E-state index contributed by atoms with van der Waals surface area (Å²) in [4.78, 5) is 15.8. The fourth-order valence-electron chi connectivity index (χ4n) is 1.58. The highest BCUT2D eigenvalue weighted by molar-refractivity contribution is 8.13. The number of ether oxygens (including phenoxy) is 1. The first-order valence-electron chi connectivity index (χ1n) is 6.74. The molecule has 5 nitrogen and oxygen atoms in total. The van der Waals surface area contributed by atoms with Gasteiger partial charge in [0.05, 0.1) is 5.69 Å². The van der Waals surface area contributed by atoms with Crippen molar-refractivity contribution in [2.75, 3.05) is 12.8 Å². The number of hydrogen-bond acceptors (Lipinski definition) is 4. The Balaban J connectivity index is 2.49. The van der Waals surface area contributed by atoms with Gasteiger partial charge in [0.1, 0.15) is 5.60 Å². The van der Waals surface area contributed by atoms with Crippen LogP contribution in [0.5, 0.6) is 0 Å². The maximum Gasteiger partial charge on any atom is 0.407 e. The molecule has 0 radical (unpaired) electrons. The van der Waals surface area contributed by atoms with Crippen LogP contribution in [0.1, 0.15) is 26.3 Å². The molecular weight excluding hydrogens is 286 g/mol. The van der Waals surface area contributed by atoms with Crippen molar-refractivity contribution in [3.05, 3.63) is 29.8 Å². The van der Waals surface area contributed by atoms with Crippen LogP contribution in [-0.2, 0) is 11.2 Å². The van der Waals surface area contributed by atoms with Gasteiger partial charge in [-0.1, -0.05) is 23.9 Å². The van der Waals surface area contributed by atoms with E-state index in [1.54, 1.807) is 0 Å². The Labute approximate surface area is 130 Å². The molecule has 116 valence electrons. The summed E-state index contributed by atoms with van der Waals surface area (Å²) in [5.74, 6) is 0. The summed E-state index contributed by atoms with van der Waals surface area (Å²) in [6.07, 6.45) is 2.19. The molecule has 6 heteroatoms. The Kier molecular flexibility index (Phi) is 6.55. The topological polar surface area (TPSA) is 76.7 Å². The lowest BCUT2D eigenvalue weighted by Gasteiger charge is -2.19. The molecule has 0 fully saturated rings. The number of thioether (sulfide) groups is 1. The fraction of sp³-hybridized carbons (Fsp3) is 0.467. The molecule has 0 heterocycles. The van der Waals surface area contributed by atoms with E-state index in [1.807, 2.05) is 51.3 Å². The Bertz CT molecular complexity index is 510. The number of carbonyl (C=O) groups excluding carboxylic acids is 1. The van der Waals surface area contributed by atoms with Gasteiger partial charge < -0.3 is 15.8 Å². The Morgan fingerprint density at radius 2 is 2.14 bits per heavy atom. The predicted molar refractivity (Wildman–Crippen MR) is 89.2 cm³/mol. The molecule has 0 aliphatic heterocycles. The van der Waals surface area contributed by atoms with E-state index < -0.39 is 11.7 Å². The number of benzene rings is 1. The molecule has 21 heavy (non-hydrogen) atoms. The van der Waals surface area contributed by atoms with Gasteiger partial charge >= 0.3 is 6.09 Å². The minimum absolute atomic E-state index is 0.400. The lowest BCUT2D eigenvalue weighted by molar-refractivity contribution is 0.0528. The first-order valence-corrected chi connectivity index (χ1v) is 7.96. The molecule has 0 spiro atoms. The van der Waals surface area contributed by atoms with E-state index in [2.05, 4.69) is 10.3 Å². The Morgan fingerprint density at radius 1 is 1.43 bits per heavy atom. The molecule has 0 bridgehead atoms. The lowest BCUT2D eigenvalue weighted by atomic mass is 10.1. The van der Waals surface area contributed by atoms with Crippen LogP contribution < -0.4 is 11.1 Å². The largest absolute Gasteiger partial charge is 0.444 e. The van der Waals surface area contributed by atoms with Crippen LogP contribution in [0.15, 0.2) is 29.3 Å². The van der Waals surface area contributed by atoms with Gasteiger partial charge in [-0.2, -0.15) is 0 Å². The second-order valence-electron chi connectivity index (χ2n) is 5.50. The summed E-state index contributed by atoms with van der Waals surface area (Å²) in [6.45, 7) is 6.03. The van der Waals surface area contributed by atoms with Crippen LogP contribution in [0.2, 0.25) is 0 Å². The van der Waals surface area contributed by atoms with Gasteiger partial charge in [0.25, 0.3) is 0 Å². The average Bonchev–Trinajstić information content (AvgIpc) is 2.37. The van der Waals surface area contributed by atoms with Crippen molar-refractivity contribution in [3.8, 4) is 0 Å². The van der Waals surface area contributed by atoms with Gasteiger partial charge in [0, 0.05) is 6.54 Å². The molecule has 0 atom stereocenters. The normalized spacial score (nSPS) is 12.1. The first-order chi connectivity index (χ1) is 9.80. The number of hydrogen-bond donors (Lipinski definition) is 2. The van der Waals surface area contributed by atoms with Gasteiger partial charge in [-0.05, 0) is 51.1 Å². The smallest absolute Gasteiger partial charge is 0.407 e. The second-order valence-corrected chi connectivity index (χ2v) is 6.33. The minimum atomic E-state index is -0.478. The third kappa shape index (κ3) is 7.60. The summed E-state index contributed by atoms with van der Waals surface area (Å²) in [5, 5.41) is 3.26. The van der Waals surface area contributed by atoms with E-state index in [0.717, 1.165) is 11.3 Å². The van der Waals surface area contributed by atoms with E-state index in [9.17, 15) is 4.79 Å². The average molecular weight is 309 g/mol. The monoisotopic (exact) mass is 309 g/mol. The molecule has 0 saturated heterocycles. The van der Waals surface area contributed by atoms with Gasteiger partial charge in [-0.15, -0.1) is 0 Å². The fourth-order valence-corrected chi connectivity index (χ4v) is 1.77. The molecule has 0 aromatic heterocycles. The molecule has 1 rings (SSSR count). The van der Waals surface area contributed by atoms with Gasteiger partial charge in [-0.25, -0.2) is 9.79 Å². The van der Waals surface area contributed by atoms with Crippen molar-refractivity contribution >= 4 is 28.7 Å². The lowest BCUT2D eigenvalue weighted by Crippen LogP contribution is -2.33. The molecule has 0 aliphatic rings. The maximum absolute atomic E-state index is 11.5. The van der Waals surface area contributed by atoms with Crippen LogP contribution in [0.4, 0.5) is 10.5 Å². The Hall–Kier alpha value is -1.69. The van der Waals surface area contributed by atoms with Gasteiger partial charge in [-0.3, -0.25) is 0 Å². The minimum Gasteiger partial charge on any atom is -0.444 e. The number of nitrogens with zero attached hydrogens (tertiary/aromatic N) is 1. The Morgan fingerprint density at radius 3 is 2.76 bits per heavy atom. The van der Waals surface area contributed by atoms with Crippen LogP contribution in [-0.4, -0.2) is 29.7 Å². The quantitative estimate of drug-likeness (QED) is 0.662. The highest BCUT2D eigenvalue weighted by Crippen LogP contribution is 2.15. The summed E-state index contributed by atoms with van der Waals surface area (Å²) in [5.41, 5.74) is 7.12. The van der Waals surface area contributed by atoms with E-state index in [-0.39, 0.29) is 0 Å². The van der Waals surface area contributed by atoms with E-state index in [1.165, 1.54) is 11.8 Å². The van der Waals surface area contributed by atoms with Crippen molar-refractivity contribution < 1.29 is 9.53 Å². The highest BCUT2D eigenvalue weighted by atomic mass is 32.2.